The third-order valence-electron chi connectivity index (χ3n) is 4.88. The number of halogens is 2. The zero-order valence-corrected chi connectivity index (χ0v) is 17.7. The number of benzene rings is 2. The predicted octanol–water partition coefficient (Wildman–Crippen LogP) is 3.96. The number of aromatic nitrogens is 1. The summed E-state index contributed by atoms with van der Waals surface area (Å²) >= 11 is 0. The molecule has 0 saturated carbocycles. The molecule has 4 N–H and O–H groups in total. The zero-order valence-electron chi connectivity index (χ0n) is 17.7. The number of aliphatic hydroxyl groups excluding tert-OH is 2. The van der Waals surface area contributed by atoms with E-state index in [0.29, 0.717) is 25.5 Å². The molecular weight excluding hydrogens is 418 g/mol. The molecule has 0 radical (unpaired) electrons. The van der Waals surface area contributed by atoms with Crippen LogP contribution in [0.25, 0.3) is 11.1 Å². The van der Waals surface area contributed by atoms with Crippen molar-refractivity contribution in [3.8, 4) is 28.6 Å². The summed E-state index contributed by atoms with van der Waals surface area (Å²) in [6.45, 7) is 1.73. The fourth-order valence-corrected chi connectivity index (χ4v) is 3.14. The van der Waals surface area contributed by atoms with E-state index >= 15 is 0 Å². The lowest BCUT2D eigenvalue weighted by molar-refractivity contribution is 0.103. The highest BCUT2D eigenvalue weighted by Crippen LogP contribution is 2.32. The lowest BCUT2D eigenvalue weighted by atomic mass is 9.99. The van der Waals surface area contributed by atoms with Gasteiger partial charge in [-0.25, -0.2) is 8.78 Å². The van der Waals surface area contributed by atoms with Crippen molar-refractivity contribution in [3.63, 3.8) is 0 Å². The molecule has 0 aliphatic rings. The van der Waals surface area contributed by atoms with Gasteiger partial charge in [-0.2, -0.15) is 4.98 Å². The van der Waals surface area contributed by atoms with Gasteiger partial charge >= 0.3 is 0 Å². The molecule has 1 aromatic heterocycles. The van der Waals surface area contributed by atoms with Crippen LogP contribution in [0.4, 0.5) is 8.78 Å². The molecule has 0 spiro atoms. The number of hydrogen-bond acceptors (Lipinski definition) is 6. The fourth-order valence-electron chi connectivity index (χ4n) is 3.14. The number of ether oxygens (including phenoxy) is 2. The Hall–Kier alpha value is -3.07. The molecule has 32 heavy (non-hydrogen) atoms. The van der Waals surface area contributed by atoms with E-state index in [1.54, 1.807) is 19.1 Å². The Labute approximate surface area is 185 Å². The van der Waals surface area contributed by atoms with E-state index in [4.69, 9.17) is 15.2 Å². The molecule has 8 heteroatoms. The quantitative estimate of drug-likeness (QED) is 0.438. The van der Waals surface area contributed by atoms with Crippen molar-refractivity contribution < 1.29 is 28.5 Å². The second kappa shape index (κ2) is 11.0. The first kappa shape index (κ1) is 23.6. The molecule has 6 nitrogen and oxygen atoms in total. The summed E-state index contributed by atoms with van der Waals surface area (Å²) < 4.78 is 39.5. The van der Waals surface area contributed by atoms with Crippen molar-refractivity contribution in [1.29, 1.82) is 0 Å². The van der Waals surface area contributed by atoms with Gasteiger partial charge in [0.25, 0.3) is 11.8 Å². The van der Waals surface area contributed by atoms with Gasteiger partial charge < -0.3 is 25.4 Å². The second-order valence-electron chi connectivity index (χ2n) is 7.24. The van der Waals surface area contributed by atoms with Gasteiger partial charge in [-0.05, 0) is 53.3 Å². The topological polar surface area (TPSA) is 97.8 Å². The molecule has 1 unspecified atom stereocenters. The van der Waals surface area contributed by atoms with Crippen molar-refractivity contribution in [3.05, 3.63) is 71.3 Å². The van der Waals surface area contributed by atoms with Gasteiger partial charge in [0.1, 0.15) is 11.9 Å². The third-order valence-corrected chi connectivity index (χ3v) is 4.88. The third kappa shape index (κ3) is 5.79. The highest BCUT2D eigenvalue weighted by Gasteiger charge is 2.18. The normalized spacial score (nSPS) is 11.9. The minimum Gasteiger partial charge on any atom is -0.470 e. The van der Waals surface area contributed by atoms with Gasteiger partial charge in [-0.1, -0.05) is 31.2 Å². The summed E-state index contributed by atoms with van der Waals surface area (Å²) in [7, 11) is 0. The molecule has 0 aliphatic heterocycles. The van der Waals surface area contributed by atoms with Crippen molar-refractivity contribution in [2.45, 2.75) is 32.4 Å². The Bertz CT molecular complexity index is 1060. The highest BCUT2D eigenvalue weighted by molar-refractivity contribution is 5.67. The molecule has 1 atom stereocenters. The lowest BCUT2D eigenvalue weighted by Gasteiger charge is -2.16. The van der Waals surface area contributed by atoms with Gasteiger partial charge in [0.15, 0.2) is 11.6 Å². The maximum atomic E-state index is 14.4. The Morgan fingerprint density at radius 1 is 0.969 bits per heavy atom. The molecule has 0 bridgehead atoms. The summed E-state index contributed by atoms with van der Waals surface area (Å²) in [5.41, 5.74) is 9.11. The number of pyridine rings is 1. The Morgan fingerprint density at radius 3 is 2.41 bits per heavy atom. The summed E-state index contributed by atoms with van der Waals surface area (Å²) in [5, 5.41) is 18.7. The van der Waals surface area contributed by atoms with Gasteiger partial charge in [-0.15, -0.1) is 0 Å². The van der Waals surface area contributed by atoms with Crippen LogP contribution < -0.4 is 15.2 Å². The van der Waals surface area contributed by atoms with Crippen LogP contribution in [0.1, 0.15) is 24.5 Å². The maximum absolute atomic E-state index is 14.4. The van der Waals surface area contributed by atoms with Crippen LogP contribution in [-0.4, -0.2) is 34.5 Å². The first-order chi connectivity index (χ1) is 15.5. The summed E-state index contributed by atoms with van der Waals surface area (Å²) in [6.07, 6.45) is 0.104. The highest BCUT2D eigenvalue weighted by atomic mass is 19.1. The predicted molar refractivity (Wildman–Crippen MR) is 117 cm³/mol. The van der Waals surface area contributed by atoms with Gasteiger partial charge in [0.05, 0.1) is 6.61 Å². The minimum atomic E-state index is -0.994. The smallest absolute Gasteiger partial charge is 0.259 e. The number of nitrogens with zero attached hydrogens (tertiary/aromatic N) is 1. The van der Waals surface area contributed by atoms with Gasteiger partial charge in [0, 0.05) is 19.2 Å². The molecule has 1 heterocycles. The zero-order chi connectivity index (χ0) is 23.1. The van der Waals surface area contributed by atoms with Crippen LogP contribution in [-0.2, 0) is 13.0 Å². The molecule has 3 aromatic rings. The molecule has 2 aromatic carbocycles. The molecule has 0 amide bonds. The fraction of sp³-hybridized carbons (Fsp3) is 0.292. The molecule has 3 rings (SSSR count). The summed E-state index contributed by atoms with van der Waals surface area (Å²) in [5.74, 6) is -2.63. The van der Waals surface area contributed by atoms with Crippen molar-refractivity contribution in [2.24, 2.45) is 5.73 Å². The van der Waals surface area contributed by atoms with Crippen LogP contribution >= 0.6 is 0 Å². The van der Waals surface area contributed by atoms with Gasteiger partial charge in [-0.3, -0.25) is 0 Å². The lowest BCUT2D eigenvalue weighted by Crippen LogP contribution is -2.21. The average Bonchev–Trinajstić information content (AvgIpc) is 2.80. The van der Waals surface area contributed by atoms with Crippen LogP contribution in [0.2, 0.25) is 0 Å². The summed E-state index contributed by atoms with van der Waals surface area (Å²) in [6, 6.07) is 13.5. The van der Waals surface area contributed by atoms with Crippen molar-refractivity contribution in [1.82, 2.24) is 4.98 Å². The first-order valence-electron chi connectivity index (χ1n) is 10.3. The van der Waals surface area contributed by atoms with E-state index in [1.807, 2.05) is 30.3 Å². The Morgan fingerprint density at radius 2 is 1.72 bits per heavy atom. The molecule has 0 aliphatic carbocycles. The number of nitrogens with two attached hydrogens (primary N) is 1. The Kier molecular flexibility index (Phi) is 8.10. The maximum Gasteiger partial charge on any atom is 0.259 e. The van der Waals surface area contributed by atoms with E-state index in [9.17, 15) is 19.0 Å². The number of aliphatic hydroxyl groups is 2. The van der Waals surface area contributed by atoms with E-state index in [2.05, 4.69) is 4.98 Å². The molecule has 0 fully saturated rings. The van der Waals surface area contributed by atoms with Crippen LogP contribution in [0.15, 0.2) is 48.5 Å². The van der Waals surface area contributed by atoms with Crippen LogP contribution in [0.5, 0.6) is 17.5 Å². The second-order valence-corrected chi connectivity index (χ2v) is 7.24. The van der Waals surface area contributed by atoms with Gasteiger partial charge in [0.2, 0.25) is 0 Å². The largest absolute Gasteiger partial charge is 0.470 e. The van der Waals surface area contributed by atoms with E-state index < -0.39 is 29.5 Å². The number of rotatable bonds is 10. The van der Waals surface area contributed by atoms with Crippen LogP contribution in [0.3, 0.4) is 0 Å². The first-order valence-corrected chi connectivity index (χ1v) is 10.3. The van der Waals surface area contributed by atoms with E-state index in [-0.39, 0.29) is 19.0 Å². The SMILES string of the molecule is CCC(CO)Oc1nc(Oc2cc(CCO)cc(-c3cccc(CN)c3)c2)c(F)cc1F. The summed E-state index contributed by atoms with van der Waals surface area (Å²) in [4.78, 5) is 3.84. The Balaban J connectivity index is 1.98. The van der Waals surface area contributed by atoms with Crippen molar-refractivity contribution >= 4 is 0 Å². The van der Waals surface area contributed by atoms with E-state index in [1.165, 1.54) is 0 Å². The van der Waals surface area contributed by atoms with E-state index in [0.717, 1.165) is 22.3 Å². The molecule has 0 saturated heterocycles. The van der Waals surface area contributed by atoms with Crippen LogP contribution in [0, 0.1) is 11.6 Å². The average molecular weight is 444 g/mol. The minimum absolute atomic E-state index is 0.0769. The molecular formula is C24H26F2N2O4. The number of hydrogen-bond donors (Lipinski definition) is 3. The van der Waals surface area contributed by atoms with Crippen molar-refractivity contribution in [2.75, 3.05) is 13.2 Å². The molecule has 170 valence electrons. The standard InChI is InChI=1S/C24H26F2N2O4/c1-2-19(14-30)31-23-21(25)12-22(26)24(28-23)32-20-10-15(6-7-29)8-18(11-20)17-5-3-4-16(9-17)13-27/h3-5,8-12,19,29-30H,2,6-7,13-14,27H2,1H3. The monoisotopic (exact) mass is 444 g/mol.